The molecule has 0 bridgehead atoms. The van der Waals surface area contributed by atoms with Crippen molar-refractivity contribution in [3.8, 4) is 0 Å². The van der Waals surface area contributed by atoms with E-state index >= 15 is 0 Å². The fourth-order valence-corrected chi connectivity index (χ4v) is 1.43. The highest BCUT2D eigenvalue weighted by Gasteiger charge is 2.35. The second-order valence-electron chi connectivity index (χ2n) is 6.37. The summed E-state index contributed by atoms with van der Waals surface area (Å²) in [5.41, 5.74) is 11.2. The first kappa shape index (κ1) is 14.8. The summed E-state index contributed by atoms with van der Waals surface area (Å²) in [5, 5.41) is 9.93. The Morgan fingerprint density at radius 1 is 1.13 bits per heavy atom. The van der Waals surface area contributed by atoms with Gasteiger partial charge in [0, 0.05) is 19.4 Å². The highest BCUT2D eigenvalue weighted by Crippen LogP contribution is 2.17. The molecule has 0 radical (unpaired) electrons. The van der Waals surface area contributed by atoms with E-state index in [-0.39, 0.29) is 11.2 Å². The van der Waals surface area contributed by atoms with Crippen LogP contribution in [0.3, 0.4) is 0 Å². The van der Waals surface area contributed by atoms with Crippen LogP contribution < -0.4 is 11.5 Å². The van der Waals surface area contributed by atoms with Gasteiger partial charge in [-0.05, 0) is 20.3 Å². The Hall–Kier alpha value is -0.160. The molecule has 5 N–H and O–H groups in total. The van der Waals surface area contributed by atoms with Crippen molar-refractivity contribution in [1.82, 2.24) is 0 Å². The number of nitrogens with two attached hydrogens (primary N) is 2. The number of hydrogen-bond donors (Lipinski definition) is 3. The van der Waals surface area contributed by atoms with Gasteiger partial charge < -0.3 is 15.3 Å². The monoisotopic (exact) mass is 218 g/mol. The predicted octanol–water partition coefficient (Wildman–Crippen LogP) is 0.246. The van der Waals surface area contributed by atoms with Crippen LogP contribution in [0.1, 0.15) is 34.1 Å². The van der Waals surface area contributed by atoms with E-state index < -0.39 is 6.10 Å². The minimum Gasteiger partial charge on any atom is -0.387 e. The van der Waals surface area contributed by atoms with Gasteiger partial charge in [0.05, 0.1) is 14.1 Å². The summed E-state index contributed by atoms with van der Waals surface area (Å²) in [6.07, 6.45) is 0.174. The van der Waals surface area contributed by atoms with Crippen LogP contribution in [-0.4, -0.2) is 47.5 Å². The van der Waals surface area contributed by atoms with Gasteiger partial charge in [0.1, 0.15) is 18.3 Å². The third-order valence-corrected chi connectivity index (χ3v) is 2.99. The van der Waals surface area contributed by atoms with Gasteiger partial charge in [-0.15, -0.1) is 0 Å². The Bertz CT molecular complexity index is 201. The molecule has 0 aromatic rings. The van der Waals surface area contributed by atoms with E-state index in [2.05, 4.69) is 0 Å². The van der Waals surface area contributed by atoms with Crippen LogP contribution in [0.2, 0.25) is 0 Å². The van der Waals surface area contributed by atoms with Gasteiger partial charge in [-0.1, -0.05) is 0 Å². The molecule has 0 saturated heterocycles. The second kappa shape index (κ2) is 4.37. The van der Waals surface area contributed by atoms with Crippen molar-refractivity contribution < 1.29 is 9.59 Å². The number of nitrogens with zero attached hydrogens (tertiary/aromatic N) is 1. The highest BCUT2D eigenvalue weighted by molar-refractivity contribution is 4.76. The van der Waals surface area contributed by atoms with Crippen molar-refractivity contribution in [3.05, 3.63) is 0 Å². The Morgan fingerprint density at radius 3 is 1.80 bits per heavy atom. The van der Waals surface area contributed by atoms with E-state index in [4.69, 9.17) is 11.5 Å². The molecule has 0 aliphatic rings. The molecule has 0 amide bonds. The molecule has 4 heteroatoms. The fraction of sp³-hybridized carbons (Fsp3) is 1.00. The number of aliphatic hydroxyl groups is 1. The number of rotatable bonds is 5. The quantitative estimate of drug-likeness (QED) is 0.457. The molecule has 0 rings (SSSR count). The topological polar surface area (TPSA) is 72.3 Å². The molecule has 0 aliphatic heterocycles. The van der Waals surface area contributed by atoms with Crippen molar-refractivity contribution in [2.24, 2.45) is 11.5 Å². The van der Waals surface area contributed by atoms with Gasteiger partial charge in [0.25, 0.3) is 0 Å². The van der Waals surface area contributed by atoms with Crippen LogP contribution in [-0.2, 0) is 0 Å². The lowest BCUT2D eigenvalue weighted by atomic mass is 9.97. The largest absolute Gasteiger partial charge is 0.387 e. The Morgan fingerprint density at radius 2 is 1.53 bits per heavy atom. The third kappa shape index (κ3) is 5.47. The van der Waals surface area contributed by atoms with Crippen molar-refractivity contribution in [2.75, 3.05) is 20.6 Å². The van der Waals surface area contributed by atoms with Crippen LogP contribution in [0, 0.1) is 0 Å². The van der Waals surface area contributed by atoms with Crippen LogP contribution in [0.5, 0.6) is 0 Å². The van der Waals surface area contributed by atoms with Crippen molar-refractivity contribution in [1.29, 1.82) is 0 Å². The molecule has 0 aromatic carbocycles. The maximum absolute atomic E-state index is 9.93. The first-order valence-electron chi connectivity index (χ1n) is 5.44. The summed E-state index contributed by atoms with van der Waals surface area (Å²) >= 11 is 0. The average Bonchev–Trinajstić information content (AvgIpc) is 1.75. The zero-order valence-corrected chi connectivity index (χ0v) is 11.0. The summed E-state index contributed by atoms with van der Waals surface area (Å²) in [5.74, 6) is 0. The van der Waals surface area contributed by atoms with Gasteiger partial charge in [0.2, 0.25) is 0 Å². The molecule has 1 unspecified atom stereocenters. The normalized spacial score (nSPS) is 16.6. The minimum atomic E-state index is -0.414. The maximum Gasteiger partial charge on any atom is 0.144 e. The van der Waals surface area contributed by atoms with Crippen molar-refractivity contribution in [3.63, 3.8) is 0 Å². The molecule has 0 spiro atoms. The lowest BCUT2D eigenvalue weighted by molar-refractivity contribution is -0.940. The predicted molar refractivity (Wildman–Crippen MR) is 64.1 cm³/mol. The van der Waals surface area contributed by atoms with Crippen LogP contribution >= 0.6 is 0 Å². The Labute approximate surface area is 93.8 Å². The van der Waals surface area contributed by atoms with Gasteiger partial charge in [-0.2, -0.15) is 0 Å². The average molecular weight is 218 g/mol. The summed E-state index contributed by atoms with van der Waals surface area (Å²) in [4.78, 5) is 0. The van der Waals surface area contributed by atoms with Gasteiger partial charge in [-0.25, -0.2) is 0 Å². The van der Waals surface area contributed by atoms with Gasteiger partial charge >= 0.3 is 0 Å². The molecule has 15 heavy (non-hydrogen) atoms. The van der Waals surface area contributed by atoms with E-state index in [1.54, 1.807) is 0 Å². The van der Waals surface area contributed by atoms with Gasteiger partial charge in [-0.3, -0.25) is 5.73 Å². The van der Waals surface area contributed by atoms with E-state index in [0.29, 0.717) is 17.4 Å². The van der Waals surface area contributed by atoms with E-state index in [0.717, 1.165) is 0 Å². The lowest BCUT2D eigenvalue weighted by Crippen LogP contribution is -2.64. The zero-order chi connectivity index (χ0) is 12.5. The molecule has 0 fully saturated rings. The molecule has 4 nitrogen and oxygen atoms in total. The minimum absolute atomic E-state index is 0.335. The summed E-state index contributed by atoms with van der Waals surface area (Å²) in [6.45, 7) is 8.39. The molecule has 0 aromatic heterocycles. The highest BCUT2D eigenvalue weighted by atomic mass is 16.3. The summed E-state index contributed by atoms with van der Waals surface area (Å²) in [6, 6.07) is 0. The van der Waals surface area contributed by atoms with E-state index in [1.807, 2.05) is 41.8 Å². The Kier molecular flexibility index (Phi) is 4.33. The SMILES string of the molecule is CC(C)(N)CC(O)C[N+](C)(C)C(C)(C)N. The molecule has 92 valence electrons. The molecule has 0 heterocycles. The van der Waals surface area contributed by atoms with E-state index in [1.165, 1.54) is 0 Å². The maximum atomic E-state index is 9.93. The third-order valence-electron chi connectivity index (χ3n) is 2.99. The fourth-order valence-electron chi connectivity index (χ4n) is 1.43. The lowest BCUT2D eigenvalue weighted by Gasteiger charge is -2.43. The molecular weight excluding hydrogens is 190 g/mol. The molecule has 1 atom stereocenters. The number of aliphatic hydroxyl groups excluding tert-OH is 1. The number of likely N-dealkylation sites (N-methyl/N-ethyl adjacent to an activating group) is 1. The summed E-state index contributed by atoms with van der Waals surface area (Å²) in [7, 11) is 4.04. The first-order valence-corrected chi connectivity index (χ1v) is 5.44. The van der Waals surface area contributed by atoms with E-state index in [9.17, 15) is 5.11 Å². The zero-order valence-electron chi connectivity index (χ0n) is 11.0. The molecule has 0 saturated carbocycles. The smallest absolute Gasteiger partial charge is 0.144 e. The molecular formula is C11H28N3O+. The molecule has 0 aliphatic carbocycles. The van der Waals surface area contributed by atoms with Crippen molar-refractivity contribution in [2.45, 2.75) is 51.4 Å². The standard InChI is InChI=1S/C11H28N3O/c1-10(2,12)7-9(15)8-14(5,6)11(3,4)13/h9,15H,7-8,12-13H2,1-6H3/q+1. The number of hydrogen-bond acceptors (Lipinski definition) is 3. The second-order valence-corrected chi connectivity index (χ2v) is 6.37. The Balaban J connectivity index is 4.36. The number of quaternary nitrogens is 1. The van der Waals surface area contributed by atoms with Crippen molar-refractivity contribution >= 4 is 0 Å². The summed E-state index contributed by atoms with van der Waals surface area (Å²) < 4.78 is 0.574. The van der Waals surface area contributed by atoms with Gasteiger partial charge in [0.15, 0.2) is 0 Å². The van der Waals surface area contributed by atoms with Crippen LogP contribution in [0.25, 0.3) is 0 Å². The first-order chi connectivity index (χ1) is 6.35. The van der Waals surface area contributed by atoms with Crippen LogP contribution in [0.15, 0.2) is 0 Å². The van der Waals surface area contributed by atoms with Crippen LogP contribution in [0.4, 0.5) is 0 Å².